The lowest BCUT2D eigenvalue weighted by Gasteiger charge is -2.35. The van der Waals surface area contributed by atoms with Crippen molar-refractivity contribution >= 4 is 39.7 Å². The number of sulfone groups is 1. The molecule has 0 aliphatic carbocycles. The van der Waals surface area contributed by atoms with Gasteiger partial charge >= 0.3 is 6.09 Å². The van der Waals surface area contributed by atoms with Crippen LogP contribution in [0, 0.1) is 5.92 Å². The van der Waals surface area contributed by atoms with Crippen LogP contribution in [-0.4, -0.2) is 108 Å². The third-order valence-electron chi connectivity index (χ3n) is 11.5. The van der Waals surface area contributed by atoms with Crippen LogP contribution in [0.1, 0.15) is 56.7 Å². The Balaban J connectivity index is 1.50. The number of nitrogens with one attached hydrogen (secondary N) is 1. The van der Waals surface area contributed by atoms with Crippen LogP contribution in [0.4, 0.5) is 10.5 Å². The number of sulfonamides is 1. The normalized spacial score (nSPS) is 14.0. The lowest BCUT2D eigenvalue weighted by molar-refractivity contribution is 0.128. The number of rotatable bonds is 20. The zero-order chi connectivity index (χ0) is 48.6. The highest BCUT2D eigenvalue weighted by atomic mass is 32.2. The molecule has 1 saturated heterocycles. The molecule has 0 saturated carbocycles. The summed E-state index contributed by atoms with van der Waals surface area (Å²) in [6.07, 6.45) is 1.60. The maximum atomic E-state index is 16.0. The van der Waals surface area contributed by atoms with Gasteiger partial charge in [-0.1, -0.05) is 56.0 Å². The summed E-state index contributed by atoms with van der Waals surface area (Å²) in [5.41, 5.74) is 2.26. The number of carbonyl (C=O) groups is 1. The highest BCUT2D eigenvalue weighted by molar-refractivity contribution is 7.93. The molecule has 19 heteroatoms. The summed E-state index contributed by atoms with van der Waals surface area (Å²) in [5.74, 6) is 1.84. The molecule has 1 fully saturated rings. The molecule has 4 aromatic carbocycles. The monoisotopic (exact) mass is 975 g/mol. The van der Waals surface area contributed by atoms with Crippen molar-refractivity contribution in [2.45, 2.75) is 101 Å². The van der Waals surface area contributed by atoms with Crippen molar-refractivity contribution in [2.75, 3.05) is 51.7 Å². The largest absolute Gasteiger partial charge is 0.497 e. The molecule has 2 heterocycles. The Bertz CT molecular complexity index is 2610. The quantitative estimate of drug-likeness (QED) is 0.0740. The topological polar surface area (TPSA) is 184 Å². The molecule has 0 bridgehead atoms. The number of hydrogen-bond donors (Lipinski definition) is 1. The van der Waals surface area contributed by atoms with Crippen molar-refractivity contribution in [3.05, 3.63) is 102 Å². The number of carbonyl (C=O) groups excluding carboxylic acids is 1. The number of benzene rings is 4. The van der Waals surface area contributed by atoms with Crippen LogP contribution in [-0.2, 0) is 44.2 Å². The molecule has 0 unspecified atom stereocenters. The maximum absolute atomic E-state index is 16.0. The lowest BCUT2D eigenvalue weighted by Crippen LogP contribution is -2.41. The number of aromatic nitrogens is 4. The molecule has 5 aromatic rings. The SMILES string of the molecule is COc1ccc(CN(Cc2ccc(OC)cc2)S(=O)(=O)c2c(S(=O)(=O)CC[Si](C)(C)C)ccc(N3CCC(CCOC(=O)NC(C)(C)C)CC3)c2-c2nnn(Cc3ccc(OC)cc3)n2)cc1. The number of tetrazole rings is 1. The van der Waals surface area contributed by atoms with Crippen molar-refractivity contribution < 1.29 is 40.6 Å². The zero-order valence-corrected chi connectivity index (χ0v) is 42.7. The van der Waals surface area contributed by atoms with Crippen LogP contribution in [0.15, 0.2) is 94.7 Å². The standard InChI is InChI=1S/C48H65N7O9S2Si/c1-48(2,3)49-47(56)64-29-26-35-24-27-53(28-25-35)42-22-23-43(65(57,58)30-31-67(7,8)9)45(44(42)46-50-52-55(51-46)34-38-14-20-41(63-6)21-15-38)66(59,60)54(32-36-10-16-39(61-4)17-11-36)33-37-12-18-40(62-5)19-13-37/h10-23,35H,24-34H2,1-9H3,(H,49,56). The van der Waals surface area contributed by atoms with Gasteiger partial charge in [-0.2, -0.15) is 9.10 Å². The Morgan fingerprint density at radius 1 is 0.776 bits per heavy atom. The van der Waals surface area contributed by atoms with E-state index >= 15 is 8.42 Å². The van der Waals surface area contributed by atoms with Crippen LogP contribution >= 0.6 is 0 Å². The van der Waals surface area contributed by atoms with E-state index in [4.69, 9.17) is 24.0 Å². The number of piperidine rings is 1. The molecule has 1 aliphatic heterocycles. The van der Waals surface area contributed by atoms with Crippen molar-refractivity contribution in [2.24, 2.45) is 5.92 Å². The van der Waals surface area contributed by atoms with Crippen LogP contribution in [0.25, 0.3) is 11.4 Å². The third kappa shape index (κ3) is 13.8. The Labute approximate surface area is 396 Å². The van der Waals surface area contributed by atoms with Gasteiger partial charge in [-0.3, -0.25) is 0 Å². The maximum Gasteiger partial charge on any atom is 0.407 e. The summed E-state index contributed by atoms with van der Waals surface area (Å²) in [7, 11) is -6.21. The predicted octanol–water partition coefficient (Wildman–Crippen LogP) is 8.05. The summed E-state index contributed by atoms with van der Waals surface area (Å²) in [6.45, 7) is 13.2. The Morgan fingerprint density at radius 2 is 1.30 bits per heavy atom. The summed E-state index contributed by atoms with van der Waals surface area (Å²) >= 11 is 0. The molecule has 1 N–H and O–H groups in total. The molecule has 1 amide bonds. The summed E-state index contributed by atoms with van der Waals surface area (Å²) in [6, 6.07) is 25.1. The molecule has 1 aromatic heterocycles. The van der Waals surface area contributed by atoms with E-state index in [0.717, 1.165) is 5.56 Å². The van der Waals surface area contributed by atoms with Crippen LogP contribution in [0.2, 0.25) is 25.7 Å². The van der Waals surface area contributed by atoms with Gasteiger partial charge in [0.1, 0.15) is 22.1 Å². The number of anilines is 1. The van der Waals surface area contributed by atoms with E-state index in [2.05, 4.69) is 40.2 Å². The van der Waals surface area contributed by atoms with E-state index < -0.39 is 44.5 Å². The van der Waals surface area contributed by atoms with Gasteiger partial charge in [0, 0.05) is 45.5 Å². The van der Waals surface area contributed by atoms with Crippen molar-refractivity contribution in [1.29, 1.82) is 0 Å². The fourth-order valence-corrected chi connectivity index (χ4v) is 14.5. The van der Waals surface area contributed by atoms with Crippen LogP contribution in [0.3, 0.4) is 0 Å². The van der Waals surface area contributed by atoms with Gasteiger partial charge in [0.15, 0.2) is 9.84 Å². The second-order valence-corrected chi connectivity index (χ2v) is 28.7. The average Bonchev–Trinajstić information content (AvgIpc) is 3.76. The fraction of sp³-hybridized carbons (Fsp3) is 0.458. The average molecular weight is 976 g/mol. The van der Waals surface area contributed by atoms with E-state index in [1.165, 1.54) is 15.2 Å². The fourth-order valence-electron chi connectivity index (χ4n) is 7.74. The Hall–Kier alpha value is -5.50. The molecular weight excluding hydrogens is 911 g/mol. The van der Waals surface area contributed by atoms with Gasteiger partial charge in [0.05, 0.1) is 50.7 Å². The molecule has 16 nitrogen and oxygen atoms in total. The summed E-state index contributed by atoms with van der Waals surface area (Å²) in [5, 5.41) is 16.5. The van der Waals surface area contributed by atoms with E-state index in [9.17, 15) is 13.2 Å². The number of hydrogen-bond acceptors (Lipinski definition) is 13. The first-order valence-corrected chi connectivity index (χ1v) is 29.2. The van der Waals surface area contributed by atoms with Crippen molar-refractivity contribution in [3.8, 4) is 28.6 Å². The van der Waals surface area contributed by atoms with Gasteiger partial charge in [0.25, 0.3) is 0 Å². The molecule has 1 aliphatic rings. The van der Waals surface area contributed by atoms with Crippen molar-refractivity contribution in [3.63, 3.8) is 0 Å². The minimum Gasteiger partial charge on any atom is -0.497 e. The minimum absolute atomic E-state index is 0.0291. The van der Waals surface area contributed by atoms with Gasteiger partial charge in [-0.05, 0) is 122 Å². The number of nitrogens with zero attached hydrogens (tertiary/aromatic N) is 6. The lowest BCUT2D eigenvalue weighted by atomic mass is 9.93. The number of ether oxygens (including phenoxy) is 4. The smallest absolute Gasteiger partial charge is 0.407 e. The summed E-state index contributed by atoms with van der Waals surface area (Å²) < 4.78 is 84.7. The van der Waals surface area contributed by atoms with Gasteiger partial charge in [0.2, 0.25) is 15.8 Å². The minimum atomic E-state index is -4.75. The van der Waals surface area contributed by atoms with E-state index in [1.54, 1.807) is 75.9 Å². The first-order chi connectivity index (χ1) is 31.7. The molecule has 0 spiro atoms. The van der Waals surface area contributed by atoms with E-state index in [0.29, 0.717) is 72.5 Å². The molecule has 0 radical (unpaired) electrons. The summed E-state index contributed by atoms with van der Waals surface area (Å²) in [4.78, 5) is 15.1. The Morgan fingerprint density at radius 3 is 1.79 bits per heavy atom. The van der Waals surface area contributed by atoms with Crippen molar-refractivity contribution in [1.82, 2.24) is 29.8 Å². The second kappa shape index (κ2) is 21.6. The second-order valence-electron chi connectivity index (χ2n) is 19.1. The number of methoxy groups -OCH3 is 3. The van der Waals surface area contributed by atoms with Gasteiger partial charge in [-0.25, -0.2) is 21.6 Å². The molecule has 362 valence electrons. The highest BCUT2D eigenvalue weighted by Gasteiger charge is 2.39. The first kappa shape index (κ1) is 50.9. The number of alkyl carbamates (subject to hydrolysis) is 1. The van der Waals surface area contributed by atoms with E-state index in [1.807, 2.05) is 45.0 Å². The number of amides is 1. The van der Waals surface area contributed by atoms with Gasteiger partial charge in [-0.15, -0.1) is 10.2 Å². The van der Waals surface area contributed by atoms with Crippen LogP contribution < -0.4 is 24.4 Å². The molecular formula is C48H65N7O9S2Si. The third-order valence-corrected chi connectivity index (χ3v) is 17.4. The molecule has 6 rings (SSSR count). The highest BCUT2D eigenvalue weighted by Crippen LogP contribution is 2.43. The molecule has 67 heavy (non-hydrogen) atoms. The van der Waals surface area contributed by atoms with Gasteiger partial charge < -0.3 is 29.2 Å². The predicted molar refractivity (Wildman–Crippen MR) is 262 cm³/mol. The molecule has 0 atom stereocenters. The Kier molecular flexibility index (Phi) is 16.4. The van der Waals surface area contributed by atoms with E-state index in [-0.39, 0.29) is 54.2 Å². The zero-order valence-electron chi connectivity index (χ0n) is 40.1. The first-order valence-electron chi connectivity index (χ1n) is 22.4. The van der Waals surface area contributed by atoms with Crippen LogP contribution in [0.5, 0.6) is 17.2 Å².